The van der Waals surface area contributed by atoms with Crippen LogP contribution in [0.4, 0.5) is 5.82 Å². The summed E-state index contributed by atoms with van der Waals surface area (Å²) in [7, 11) is 0. The van der Waals surface area contributed by atoms with Gasteiger partial charge in [-0.25, -0.2) is 4.98 Å². The minimum Gasteiger partial charge on any atom is -0.394 e. The molecule has 1 aliphatic rings. The minimum atomic E-state index is 0.0611. The highest BCUT2D eigenvalue weighted by Gasteiger charge is 2.21. The average molecular weight is 247 g/mol. The Kier molecular flexibility index (Phi) is 4.51. The Balaban J connectivity index is 1.97. The fourth-order valence-corrected chi connectivity index (χ4v) is 2.14. The van der Waals surface area contributed by atoms with Crippen LogP contribution in [-0.4, -0.2) is 42.5 Å². The van der Waals surface area contributed by atoms with Crippen molar-refractivity contribution in [3.8, 4) is 6.07 Å². The molecule has 1 unspecified atom stereocenters. The molecule has 1 N–H and O–H groups in total. The van der Waals surface area contributed by atoms with Gasteiger partial charge >= 0.3 is 0 Å². The number of aliphatic hydroxyl groups excluding tert-OH is 1. The average Bonchev–Trinajstić information content (AvgIpc) is 2.45. The molecule has 0 amide bonds. The van der Waals surface area contributed by atoms with Crippen LogP contribution in [0.1, 0.15) is 18.4 Å². The van der Waals surface area contributed by atoms with E-state index in [2.05, 4.69) is 16.0 Å². The molecule has 1 fully saturated rings. The van der Waals surface area contributed by atoms with Gasteiger partial charge in [0.15, 0.2) is 0 Å². The number of piperidine rings is 1. The van der Waals surface area contributed by atoms with E-state index >= 15 is 0 Å². The molecule has 1 atom stereocenters. The summed E-state index contributed by atoms with van der Waals surface area (Å²) in [6, 6.07) is 5.71. The van der Waals surface area contributed by atoms with E-state index in [4.69, 9.17) is 15.1 Å². The van der Waals surface area contributed by atoms with E-state index in [0.29, 0.717) is 12.2 Å². The van der Waals surface area contributed by atoms with Gasteiger partial charge in [-0.05, 0) is 25.0 Å². The lowest BCUT2D eigenvalue weighted by Crippen LogP contribution is -2.40. The molecule has 0 radical (unpaired) electrons. The molecule has 5 nitrogen and oxygen atoms in total. The molecule has 1 aliphatic heterocycles. The van der Waals surface area contributed by atoms with Crippen LogP contribution in [0.2, 0.25) is 0 Å². The third-order valence-electron chi connectivity index (χ3n) is 3.02. The number of pyridine rings is 1. The number of hydrogen-bond donors (Lipinski definition) is 1. The Hall–Kier alpha value is -1.64. The van der Waals surface area contributed by atoms with Gasteiger partial charge in [0.2, 0.25) is 0 Å². The molecule has 18 heavy (non-hydrogen) atoms. The first-order valence-corrected chi connectivity index (χ1v) is 6.17. The lowest BCUT2D eigenvalue weighted by molar-refractivity contribution is 0.0213. The van der Waals surface area contributed by atoms with Crippen molar-refractivity contribution < 1.29 is 9.84 Å². The quantitative estimate of drug-likeness (QED) is 0.857. The molecule has 0 bridgehead atoms. The zero-order valence-corrected chi connectivity index (χ0v) is 10.2. The van der Waals surface area contributed by atoms with Crippen molar-refractivity contribution in [3.63, 3.8) is 0 Å². The molecule has 5 heteroatoms. The fourth-order valence-electron chi connectivity index (χ4n) is 2.14. The molecular weight excluding hydrogens is 230 g/mol. The molecule has 1 aromatic rings. The summed E-state index contributed by atoms with van der Waals surface area (Å²) in [6.07, 6.45) is 3.82. The van der Waals surface area contributed by atoms with Gasteiger partial charge < -0.3 is 14.7 Å². The van der Waals surface area contributed by atoms with Gasteiger partial charge in [-0.2, -0.15) is 5.26 Å². The normalized spacial score (nSPS) is 19.6. The second kappa shape index (κ2) is 6.34. The van der Waals surface area contributed by atoms with E-state index in [-0.39, 0.29) is 12.7 Å². The maximum atomic E-state index is 8.76. The topological polar surface area (TPSA) is 69.4 Å². The van der Waals surface area contributed by atoms with Gasteiger partial charge in [-0.15, -0.1) is 0 Å². The van der Waals surface area contributed by atoms with E-state index in [1.807, 2.05) is 6.07 Å². The summed E-state index contributed by atoms with van der Waals surface area (Å²) in [5.41, 5.74) is 0.573. The van der Waals surface area contributed by atoms with Gasteiger partial charge in [0.05, 0.1) is 24.9 Å². The van der Waals surface area contributed by atoms with Crippen molar-refractivity contribution in [2.45, 2.75) is 18.9 Å². The highest BCUT2D eigenvalue weighted by Crippen LogP contribution is 2.19. The lowest BCUT2D eigenvalue weighted by Gasteiger charge is -2.33. The molecule has 2 rings (SSSR count). The van der Waals surface area contributed by atoms with E-state index in [1.54, 1.807) is 12.3 Å². The largest absolute Gasteiger partial charge is 0.394 e. The molecule has 0 spiro atoms. The number of anilines is 1. The second-order valence-corrected chi connectivity index (χ2v) is 4.32. The van der Waals surface area contributed by atoms with Crippen LogP contribution in [0.5, 0.6) is 0 Å². The summed E-state index contributed by atoms with van der Waals surface area (Å²) < 4.78 is 5.56. The minimum absolute atomic E-state index is 0.0611. The summed E-state index contributed by atoms with van der Waals surface area (Å²) in [6.45, 7) is 2.20. The molecule has 0 saturated carbocycles. The standard InChI is InChI=1S/C13H17N3O2/c14-8-11-3-4-13(15-9-11)16-5-1-2-12(10-16)18-7-6-17/h3-4,9,12,17H,1-2,5-7,10H2. The monoisotopic (exact) mass is 247 g/mol. The Morgan fingerprint density at radius 1 is 1.56 bits per heavy atom. The number of rotatable bonds is 4. The zero-order chi connectivity index (χ0) is 12.8. The smallest absolute Gasteiger partial charge is 0.128 e. The molecule has 1 aromatic heterocycles. The van der Waals surface area contributed by atoms with Crippen molar-refractivity contribution >= 4 is 5.82 Å². The van der Waals surface area contributed by atoms with Crippen LogP contribution < -0.4 is 4.90 Å². The Morgan fingerprint density at radius 3 is 3.11 bits per heavy atom. The molecule has 1 saturated heterocycles. The Labute approximate surface area is 107 Å². The maximum absolute atomic E-state index is 8.76. The zero-order valence-electron chi connectivity index (χ0n) is 10.2. The highest BCUT2D eigenvalue weighted by atomic mass is 16.5. The van der Waals surface area contributed by atoms with Crippen LogP contribution in [-0.2, 0) is 4.74 Å². The maximum Gasteiger partial charge on any atom is 0.128 e. The number of hydrogen-bond acceptors (Lipinski definition) is 5. The molecule has 0 aromatic carbocycles. The van der Waals surface area contributed by atoms with E-state index in [1.165, 1.54) is 0 Å². The van der Waals surface area contributed by atoms with E-state index in [9.17, 15) is 0 Å². The van der Waals surface area contributed by atoms with Crippen molar-refractivity contribution in [2.75, 3.05) is 31.2 Å². The van der Waals surface area contributed by atoms with Crippen LogP contribution in [0, 0.1) is 11.3 Å². The first-order valence-electron chi connectivity index (χ1n) is 6.17. The van der Waals surface area contributed by atoms with E-state index in [0.717, 1.165) is 31.7 Å². The highest BCUT2D eigenvalue weighted by molar-refractivity contribution is 5.42. The molecule has 2 heterocycles. The van der Waals surface area contributed by atoms with Crippen molar-refractivity contribution in [1.82, 2.24) is 4.98 Å². The van der Waals surface area contributed by atoms with Gasteiger partial charge in [0.25, 0.3) is 0 Å². The van der Waals surface area contributed by atoms with Gasteiger partial charge in [-0.1, -0.05) is 0 Å². The number of ether oxygens (including phenoxy) is 1. The third kappa shape index (κ3) is 3.19. The van der Waals surface area contributed by atoms with Crippen LogP contribution in [0.15, 0.2) is 18.3 Å². The van der Waals surface area contributed by atoms with Gasteiger partial charge in [0.1, 0.15) is 11.9 Å². The fraction of sp³-hybridized carbons (Fsp3) is 0.538. The van der Waals surface area contributed by atoms with Crippen molar-refractivity contribution in [1.29, 1.82) is 5.26 Å². The third-order valence-corrected chi connectivity index (χ3v) is 3.02. The molecule has 96 valence electrons. The first kappa shape index (κ1) is 12.8. The van der Waals surface area contributed by atoms with Crippen LogP contribution >= 0.6 is 0 Å². The van der Waals surface area contributed by atoms with Crippen LogP contribution in [0.25, 0.3) is 0 Å². The number of aromatic nitrogens is 1. The van der Waals surface area contributed by atoms with Crippen LogP contribution in [0.3, 0.4) is 0 Å². The predicted octanol–water partition coefficient (Wildman–Crippen LogP) is 0.931. The van der Waals surface area contributed by atoms with E-state index < -0.39 is 0 Å². The first-order chi connectivity index (χ1) is 8.83. The molecule has 0 aliphatic carbocycles. The van der Waals surface area contributed by atoms with Crippen molar-refractivity contribution in [2.24, 2.45) is 0 Å². The van der Waals surface area contributed by atoms with Gasteiger partial charge in [0, 0.05) is 19.3 Å². The molecular formula is C13H17N3O2. The Bertz CT molecular complexity index is 413. The number of nitriles is 1. The summed E-state index contributed by atoms with van der Waals surface area (Å²) >= 11 is 0. The second-order valence-electron chi connectivity index (χ2n) is 4.32. The summed E-state index contributed by atoms with van der Waals surface area (Å²) in [4.78, 5) is 6.45. The number of aliphatic hydroxyl groups is 1. The number of nitrogens with zero attached hydrogens (tertiary/aromatic N) is 3. The summed E-state index contributed by atoms with van der Waals surface area (Å²) in [5.74, 6) is 0.881. The summed E-state index contributed by atoms with van der Waals surface area (Å²) in [5, 5.41) is 17.5. The van der Waals surface area contributed by atoms with Crippen molar-refractivity contribution in [3.05, 3.63) is 23.9 Å². The Morgan fingerprint density at radius 2 is 2.44 bits per heavy atom. The SMILES string of the molecule is N#Cc1ccc(N2CCCC(OCCO)C2)nc1. The predicted molar refractivity (Wildman–Crippen MR) is 67.2 cm³/mol. The lowest BCUT2D eigenvalue weighted by atomic mass is 10.1. The van der Waals surface area contributed by atoms with Gasteiger partial charge in [-0.3, -0.25) is 0 Å².